The Hall–Kier alpha value is -2.18. The molecular formula is C18H15BrN2O2S. The van der Waals surface area contributed by atoms with Crippen molar-refractivity contribution in [1.29, 1.82) is 0 Å². The molecular weight excluding hydrogens is 388 g/mol. The van der Waals surface area contributed by atoms with E-state index in [4.69, 9.17) is 4.74 Å². The van der Waals surface area contributed by atoms with Crippen LogP contribution in [0.15, 0.2) is 64.5 Å². The second-order valence-corrected chi connectivity index (χ2v) is 6.91. The van der Waals surface area contributed by atoms with Gasteiger partial charge in [0, 0.05) is 16.3 Å². The number of carbonyl (C=O) groups is 1. The van der Waals surface area contributed by atoms with Crippen LogP contribution in [-0.2, 0) is 17.8 Å². The van der Waals surface area contributed by atoms with E-state index in [0.29, 0.717) is 5.13 Å². The normalized spacial score (nSPS) is 10.4. The minimum absolute atomic E-state index is 0.240. The number of aromatic nitrogens is 1. The summed E-state index contributed by atoms with van der Waals surface area (Å²) < 4.78 is 6.23. The van der Waals surface area contributed by atoms with Crippen molar-refractivity contribution in [3.05, 3.63) is 81.3 Å². The number of hydrogen-bond donors (Lipinski definition) is 1. The van der Waals surface area contributed by atoms with Gasteiger partial charge in [-0.3, -0.25) is 5.32 Å². The molecule has 3 rings (SSSR count). The lowest BCUT2D eigenvalue weighted by atomic mass is 10.1. The van der Waals surface area contributed by atoms with Crippen LogP contribution in [0.2, 0.25) is 0 Å². The number of nitrogens with zero attached hydrogens (tertiary/aromatic N) is 1. The van der Waals surface area contributed by atoms with Gasteiger partial charge in [-0.1, -0.05) is 58.4 Å². The van der Waals surface area contributed by atoms with E-state index in [2.05, 4.69) is 26.2 Å². The van der Waals surface area contributed by atoms with Crippen molar-refractivity contribution in [3.63, 3.8) is 0 Å². The standard InChI is InChI=1S/C18H15BrN2O2S/c19-15-8-6-13(7-9-15)10-16-12-24-17(20-16)21-18(22)23-11-14-4-2-1-3-5-14/h1-9,12H,10-11H2,(H,20,21,22). The Kier molecular flexibility index (Phi) is 5.61. The van der Waals surface area contributed by atoms with Gasteiger partial charge >= 0.3 is 6.09 Å². The Labute approximate surface area is 152 Å². The number of halogens is 1. The summed E-state index contributed by atoms with van der Waals surface area (Å²) in [5, 5.41) is 5.15. The molecule has 0 aliphatic carbocycles. The zero-order valence-electron chi connectivity index (χ0n) is 12.7. The van der Waals surface area contributed by atoms with Crippen LogP contribution in [0, 0.1) is 0 Å². The Morgan fingerprint density at radius 1 is 1.08 bits per heavy atom. The molecule has 0 spiro atoms. The molecule has 0 aliphatic heterocycles. The molecule has 0 unspecified atom stereocenters. The largest absolute Gasteiger partial charge is 0.444 e. The van der Waals surface area contributed by atoms with Gasteiger partial charge in [0.15, 0.2) is 5.13 Å². The highest BCUT2D eigenvalue weighted by Gasteiger charge is 2.08. The third-order valence-corrected chi connectivity index (χ3v) is 4.61. The average molecular weight is 403 g/mol. The van der Waals surface area contributed by atoms with Crippen LogP contribution in [0.4, 0.5) is 9.93 Å². The SMILES string of the molecule is O=C(Nc1nc(Cc2ccc(Br)cc2)cs1)OCc1ccccc1. The van der Waals surface area contributed by atoms with Crippen molar-refractivity contribution in [3.8, 4) is 0 Å². The van der Waals surface area contributed by atoms with Crippen LogP contribution in [0.3, 0.4) is 0 Å². The minimum atomic E-state index is -0.497. The first-order valence-electron chi connectivity index (χ1n) is 7.35. The van der Waals surface area contributed by atoms with Gasteiger partial charge in [0.25, 0.3) is 0 Å². The first-order chi connectivity index (χ1) is 11.7. The van der Waals surface area contributed by atoms with Crippen molar-refractivity contribution in [2.24, 2.45) is 0 Å². The number of anilines is 1. The molecule has 1 aromatic heterocycles. The number of hydrogen-bond acceptors (Lipinski definition) is 4. The topological polar surface area (TPSA) is 51.2 Å². The summed E-state index contributed by atoms with van der Waals surface area (Å²) in [5.74, 6) is 0. The number of amides is 1. The van der Waals surface area contributed by atoms with E-state index in [9.17, 15) is 4.79 Å². The van der Waals surface area contributed by atoms with Gasteiger partial charge < -0.3 is 4.74 Å². The zero-order valence-corrected chi connectivity index (χ0v) is 15.1. The fourth-order valence-electron chi connectivity index (χ4n) is 2.10. The summed E-state index contributed by atoms with van der Waals surface area (Å²) in [6, 6.07) is 17.7. The van der Waals surface area contributed by atoms with Crippen molar-refractivity contribution in [2.75, 3.05) is 5.32 Å². The van der Waals surface area contributed by atoms with Crippen molar-refractivity contribution in [2.45, 2.75) is 13.0 Å². The third kappa shape index (κ3) is 4.91. The van der Waals surface area contributed by atoms with E-state index < -0.39 is 6.09 Å². The van der Waals surface area contributed by atoms with Crippen LogP contribution in [0.25, 0.3) is 0 Å². The Balaban J connectivity index is 1.51. The highest BCUT2D eigenvalue weighted by Crippen LogP contribution is 2.19. The summed E-state index contributed by atoms with van der Waals surface area (Å²) in [5.41, 5.74) is 3.03. The summed E-state index contributed by atoms with van der Waals surface area (Å²) in [7, 11) is 0. The van der Waals surface area contributed by atoms with Gasteiger partial charge in [-0.05, 0) is 23.3 Å². The van der Waals surface area contributed by atoms with E-state index in [1.54, 1.807) is 0 Å². The molecule has 24 heavy (non-hydrogen) atoms. The van der Waals surface area contributed by atoms with Gasteiger partial charge in [-0.2, -0.15) is 0 Å². The number of nitrogens with one attached hydrogen (secondary N) is 1. The maximum atomic E-state index is 11.8. The number of rotatable bonds is 5. The smallest absolute Gasteiger partial charge is 0.413 e. The molecule has 0 bridgehead atoms. The molecule has 0 saturated heterocycles. The van der Waals surface area contributed by atoms with Crippen LogP contribution in [0.5, 0.6) is 0 Å². The number of carbonyl (C=O) groups excluding carboxylic acids is 1. The highest BCUT2D eigenvalue weighted by atomic mass is 79.9. The van der Waals surface area contributed by atoms with Crippen molar-refractivity contribution < 1.29 is 9.53 Å². The second kappa shape index (κ2) is 8.08. The van der Waals surface area contributed by atoms with E-state index in [0.717, 1.165) is 22.2 Å². The number of benzene rings is 2. The maximum Gasteiger partial charge on any atom is 0.413 e. The monoisotopic (exact) mass is 402 g/mol. The van der Waals surface area contributed by atoms with Crippen molar-refractivity contribution >= 4 is 38.5 Å². The molecule has 1 amide bonds. The first kappa shape index (κ1) is 16.7. The lowest BCUT2D eigenvalue weighted by Gasteiger charge is -2.04. The molecule has 1 N–H and O–H groups in total. The molecule has 3 aromatic rings. The van der Waals surface area contributed by atoms with Crippen LogP contribution in [-0.4, -0.2) is 11.1 Å². The summed E-state index contributed by atoms with van der Waals surface area (Å²) in [4.78, 5) is 16.2. The molecule has 0 radical (unpaired) electrons. The van der Waals surface area contributed by atoms with E-state index in [1.807, 2.05) is 60.0 Å². The summed E-state index contributed by atoms with van der Waals surface area (Å²) in [6.07, 6.45) is 0.230. The lowest BCUT2D eigenvalue weighted by Crippen LogP contribution is -2.13. The van der Waals surface area contributed by atoms with Gasteiger partial charge in [-0.15, -0.1) is 11.3 Å². The van der Waals surface area contributed by atoms with E-state index in [-0.39, 0.29) is 6.61 Å². The molecule has 0 atom stereocenters. The lowest BCUT2D eigenvalue weighted by molar-refractivity contribution is 0.155. The predicted molar refractivity (Wildman–Crippen MR) is 99.3 cm³/mol. The molecule has 0 aliphatic rings. The molecule has 6 heteroatoms. The maximum absolute atomic E-state index is 11.8. The fourth-order valence-corrected chi connectivity index (χ4v) is 3.06. The number of thiazole rings is 1. The zero-order chi connectivity index (χ0) is 16.8. The molecule has 0 fully saturated rings. The molecule has 122 valence electrons. The Morgan fingerprint density at radius 2 is 1.83 bits per heavy atom. The van der Waals surface area contributed by atoms with Crippen LogP contribution >= 0.6 is 27.3 Å². The molecule has 2 aromatic carbocycles. The molecule has 4 nitrogen and oxygen atoms in total. The Bertz CT molecular complexity index is 803. The summed E-state index contributed by atoms with van der Waals surface area (Å²) >= 11 is 4.81. The quantitative estimate of drug-likeness (QED) is 0.634. The summed E-state index contributed by atoms with van der Waals surface area (Å²) in [6.45, 7) is 0.240. The van der Waals surface area contributed by atoms with E-state index in [1.165, 1.54) is 16.9 Å². The number of ether oxygens (including phenoxy) is 1. The first-order valence-corrected chi connectivity index (χ1v) is 9.03. The third-order valence-electron chi connectivity index (χ3n) is 3.27. The molecule has 1 heterocycles. The van der Waals surface area contributed by atoms with Crippen LogP contribution < -0.4 is 5.32 Å². The van der Waals surface area contributed by atoms with Crippen molar-refractivity contribution in [1.82, 2.24) is 4.98 Å². The molecule has 0 saturated carbocycles. The fraction of sp³-hybridized carbons (Fsp3) is 0.111. The van der Waals surface area contributed by atoms with Gasteiger partial charge in [0.2, 0.25) is 0 Å². The highest BCUT2D eigenvalue weighted by molar-refractivity contribution is 9.10. The predicted octanol–water partition coefficient (Wildman–Crippen LogP) is 5.25. The second-order valence-electron chi connectivity index (χ2n) is 5.13. The van der Waals surface area contributed by atoms with E-state index >= 15 is 0 Å². The Morgan fingerprint density at radius 3 is 2.58 bits per heavy atom. The average Bonchev–Trinajstić information content (AvgIpc) is 3.03. The van der Waals surface area contributed by atoms with Gasteiger partial charge in [0.1, 0.15) is 6.61 Å². The van der Waals surface area contributed by atoms with Gasteiger partial charge in [0.05, 0.1) is 5.69 Å². The van der Waals surface area contributed by atoms with Crippen LogP contribution in [0.1, 0.15) is 16.8 Å². The van der Waals surface area contributed by atoms with Gasteiger partial charge in [-0.25, -0.2) is 9.78 Å². The minimum Gasteiger partial charge on any atom is -0.444 e.